The van der Waals surface area contributed by atoms with E-state index in [1.54, 1.807) is 36.5 Å². The molecular weight excluding hydrogens is 284 g/mol. The summed E-state index contributed by atoms with van der Waals surface area (Å²) >= 11 is 12.2. The zero-order valence-corrected chi connectivity index (χ0v) is 11.2. The van der Waals surface area contributed by atoms with Crippen molar-refractivity contribution in [1.29, 1.82) is 0 Å². The van der Waals surface area contributed by atoms with Crippen molar-refractivity contribution in [3.8, 4) is 11.1 Å². The fourth-order valence-corrected chi connectivity index (χ4v) is 2.58. The van der Waals surface area contributed by atoms with E-state index in [0.717, 1.165) is 5.39 Å². The highest BCUT2D eigenvalue weighted by molar-refractivity contribution is 6.36. The summed E-state index contributed by atoms with van der Waals surface area (Å²) in [6.07, 6.45) is 1.65. The molecule has 0 aliphatic heterocycles. The Hall–Kier alpha value is -1.64. The van der Waals surface area contributed by atoms with Crippen LogP contribution in [0.15, 0.2) is 48.7 Å². The first kappa shape index (κ1) is 12.4. The number of aromatic nitrogens is 1. The second kappa shape index (κ2) is 4.80. The van der Waals surface area contributed by atoms with Crippen LogP contribution >= 0.6 is 23.2 Å². The van der Waals surface area contributed by atoms with Crippen molar-refractivity contribution in [2.24, 2.45) is 0 Å². The van der Waals surface area contributed by atoms with Crippen LogP contribution in [-0.2, 0) is 0 Å². The third-order valence-corrected chi connectivity index (χ3v) is 3.59. The van der Waals surface area contributed by atoms with Crippen molar-refractivity contribution in [3.05, 3.63) is 64.5 Å². The Morgan fingerprint density at radius 2 is 1.74 bits per heavy atom. The summed E-state index contributed by atoms with van der Waals surface area (Å²) < 4.78 is 14.0. The summed E-state index contributed by atoms with van der Waals surface area (Å²) in [5.41, 5.74) is 1.63. The minimum Gasteiger partial charge on any atom is -0.256 e. The van der Waals surface area contributed by atoms with Crippen LogP contribution in [0.3, 0.4) is 0 Å². The van der Waals surface area contributed by atoms with Gasteiger partial charge in [-0.2, -0.15) is 0 Å². The standard InChI is InChI=1S/C15H8Cl2FN/c16-11-7-6-10(15-9(11)3-2-8-19-15)14-12(17)4-1-5-13(14)18/h1-8H. The Balaban J connectivity index is 2.41. The van der Waals surface area contributed by atoms with Gasteiger partial charge in [0.25, 0.3) is 0 Å². The summed E-state index contributed by atoms with van der Waals surface area (Å²) in [6, 6.07) is 11.7. The number of fused-ring (bicyclic) bond motifs is 1. The van der Waals surface area contributed by atoms with Crippen LogP contribution in [0.5, 0.6) is 0 Å². The first-order chi connectivity index (χ1) is 9.18. The highest BCUT2D eigenvalue weighted by Gasteiger charge is 2.14. The number of rotatable bonds is 1. The van der Waals surface area contributed by atoms with Gasteiger partial charge in [-0.25, -0.2) is 4.39 Å². The average molecular weight is 292 g/mol. The fourth-order valence-electron chi connectivity index (χ4n) is 2.09. The first-order valence-electron chi connectivity index (χ1n) is 5.66. The summed E-state index contributed by atoms with van der Waals surface area (Å²) in [4.78, 5) is 4.29. The minimum atomic E-state index is -0.373. The van der Waals surface area contributed by atoms with Gasteiger partial charge in [-0.3, -0.25) is 4.98 Å². The van der Waals surface area contributed by atoms with Crippen LogP contribution < -0.4 is 0 Å². The van der Waals surface area contributed by atoms with Crippen LogP contribution in [0.1, 0.15) is 0 Å². The molecule has 4 heteroatoms. The Kier molecular flexibility index (Phi) is 3.13. The molecule has 0 saturated carbocycles. The Morgan fingerprint density at radius 3 is 2.53 bits per heavy atom. The van der Waals surface area contributed by atoms with Gasteiger partial charge in [0.1, 0.15) is 5.82 Å². The van der Waals surface area contributed by atoms with Crippen molar-refractivity contribution in [3.63, 3.8) is 0 Å². The fraction of sp³-hybridized carbons (Fsp3) is 0. The monoisotopic (exact) mass is 291 g/mol. The maximum Gasteiger partial charge on any atom is 0.132 e. The molecule has 0 N–H and O–H groups in total. The van der Waals surface area contributed by atoms with E-state index < -0.39 is 0 Å². The first-order valence-corrected chi connectivity index (χ1v) is 6.41. The molecule has 0 spiro atoms. The summed E-state index contributed by atoms with van der Waals surface area (Å²) in [7, 11) is 0. The van der Waals surface area contributed by atoms with Crippen molar-refractivity contribution in [1.82, 2.24) is 4.98 Å². The predicted octanol–water partition coefficient (Wildman–Crippen LogP) is 5.35. The Morgan fingerprint density at radius 1 is 0.895 bits per heavy atom. The molecule has 1 nitrogen and oxygen atoms in total. The second-order valence-corrected chi connectivity index (χ2v) is 4.91. The molecule has 0 aliphatic rings. The molecule has 2 aromatic carbocycles. The summed E-state index contributed by atoms with van der Waals surface area (Å²) in [6.45, 7) is 0. The number of hydrogen-bond acceptors (Lipinski definition) is 1. The molecule has 0 radical (unpaired) electrons. The van der Waals surface area contributed by atoms with E-state index in [2.05, 4.69) is 4.98 Å². The van der Waals surface area contributed by atoms with Crippen LogP contribution in [0.25, 0.3) is 22.0 Å². The molecule has 3 aromatic rings. The predicted molar refractivity (Wildman–Crippen MR) is 77.2 cm³/mol. The SMILES string of the molecule is Fc1cccc(Cl)c1-c1ccc(Cl)c2cccnc12. The Labute approximate surface area is 119 Å². The van der Waals surface area contributed by atoms with E-state index in [4.69, 9.17) is 23.2 Å². The molecule has 94 valence electrons. The summed E-state index contributed by atoms with van der Waals surface area (Å²) in [5, 5.41) is 1.72. The molecule has 0 amide bonds. The van der Waals surface area contributed by atoms with Crippen LogP contribution in [0.2, 0.25) is 10.0 Å². The van der Waals surface area contributed by atoms with Gasteiger partial charge in [0.05, 0.1) is 15.6 Å². The molecule has 0 fully saturated rings. The van der Waals surface area contributed by atoms with E-state index >= 15 is 0 Å². The lowest BCUT2D eigenvalue weighted by molar-refractivity contribution is 0.631. The third kappa shape index (κ3) is 2.07. The molecule has 1 aromatic heterocycles. The molecule has 0 aliphatic carbocycles. The number of hydrogen-bond donors (Lipinski definition) is 0. The Bertz CT molecular complexity index is 751. The number of nitrogens with zero attached hydrogens (tertiary/aromatic N) is 1. The molecule has 19 heavy (non-hydrogen) atoms. The molecule has 0 bridgehead atoms. The third-order valence-electron chi connectivity index (χ3n) is 2.95. The van der Waals surface area contributed by atoms with Crippen LogP contribution in [-0.4, -0.2) is 4.98 Å². The zero-order chi connectivity index (χ0) is 13.4. The topological polar surface area (TPSA) is 12.9 Å². The van der Waals surface area contributed by atoms with Crippen molar-refractivity contribution >= 4 is 34.1 Å². The van der Waals surface area contributed by atoms with Gasteiger partial charge < -0.3 is 0 Å². The number of pyridine rings is 1. The molecule has 0 saturated heterocycles. The summed E-state index contributed by atoms with van der Waals surface area (Å²) in [5.74, 6) is -0.373. The van der Waals surface area contributed by atoms with E-state index in [1.807, 2.05) is 6.07 Å². The molecule has 1 heterocycles. The van der Waals surface area contributed by atoms with Crippen LogP contribution in [0, 0.1) is 5.82 Å². The minimum absolute atomic E-state index is 0.351. The number of benzene rings is 2. The van der Waals surface area contributed by atoms with E-state index in [-0.39, 0.29) is 5.82 Å². The van der Waals surface area contributed by atoms with Gasteiger partial charge in [-0.15, -0.1) is 0 Å². The smallest absolute Gasteiger partial charge is 0.132 e. The van der Waals surface area contributed by atoms with Crippen molar-refractivity contribution in [2.45, 2.75) is 0 Å². The van der Waals surface area contributed by atoms with Gasteiger partial charge in [0, 0.05) is 22.7 Å². The highest BCUT2D eigenvalue weighted by atomic mass is 35.5. The average Bonchev–Trinajstić information content (AvgIpc) is 2.41. The largest absolute Gasteiger partial charge is 0.256 e. The van der Waals surface area contributed by atoms with Gasteiger partial charge in [0.2, 0.25) is 0 Å². The molecule has 0 atom stereocenters. The maximum absolute atomic E-state index is 14.0. The lowest BCUT2D eigenvalue weighted by Gasteiger charge is -2.09. The van der Waals surface area contributed by atoms with Gasteiger partial charge in [0.15, 0.2) is 0 Å². The molecule has 3 rings (SSSR count). The molecule has 0 unspecified atom stereocenters. The van der Waals surface area contributed by atoms with Crippen LogP contribution in [0.4, 0.5) is 4.39 Å². The quantitative estimate of drug-likeness (QED) is 0.589. The molecular formula is C15H8Cl2FN. The maximum atomic E-state index is 14.0. The second-order valence-electron chi connectivity index (χ2n) is 4.09. The van der Waals surface area contributed by atoms with E-state index in [9.17, 15) is 4.39 Å². The van der Waals surface area contributed by atoms with Gasteiger partial charge in [-0.1, -0.05) is 35.3 Å². The normalized spacial score (nSPS) is 10.9. The van der Waals surface area contributed by atoms with E-state index in [1.165, 1.54) is 6.07 Å². The number of halogens is 3. The van der Waals surface area contributed by atoms with E-state index in [0.29, 0.717) is 26.7 Å². The lowest BCUT2D eigenvalue weighted by atomic mass is 10.0. The van der Waals surface area contributed by atoms with Crippen molar-refractivity contribution < 1.29 is 4.39 Å². The zero-order valence-electron chi connectivity index (χ0n) is 9.70. The highest BCUT2D eigenvalue weighted by Crippen LogP contribution is 2.36. The lowest BCUT2D eigenvalue weighted by Crippen LogP contribution is -1.90. The van der Waals surface area contributed by atoms with Gasteiger partial charge >= 0.3 is 0 Å². The van der Waals surface area contributed by atoms with Crippen molar-refractivity contribution in [2.75, 3.05) is 0 Å². The van der Waals surface area contributed by atoms with Gasteiger partial charge in [-0.05, 0) is 30.3 Å².